The number of hydrogen-bond acceptors (Lipinski definition) is 7. The van der Waals surface area contributed by atoms with Gasteiger partial charge < -0.3 is 25.0 Å². The number of carbonyl (C=O) groups is 1. The summed E-state index contributed by atoms with van der Waals surface area (Å²) in [6.07, 6.45) is -1.26. The highest BCUT2D eigenvalue weighted by Gasteiger charge is 2.48. The zero-order chi connectivity index (χ0) is 14.4. The zero-order valence-electron chi connectivity index (χ0n) is 10.3. The molecule has 108 valence electrons. The van der Waals surface area contributed by atoms with Gasteiger partial charge in [-0.1, -0.05) is 0 Å². The topological polar surface area (TPSA) is 138 Å². The number of nitrogens with zero attached hydrogens (tertiary/aromatic N) is 2. The fourth-order valence-corrected chi connectivity index (χ4v) is 2.50. The Morgan fingerprint density at radius 1 is 1.45 bits per heavy atom. The van der Waals surface area contributed by atoms with Gasteiger partial charge in [0.2, 0.25) is 11.9 Å². The van der Waals surface area contributed by atoms with E-state index in [9.17, 15) is 15.0 Å². The SMILES string of the molecule is N=C1N=C2C(C=CN2[C@@H]2O[C@H](CO)[C@@H](O)[C@H]2O)C(=O)N1. The zero-order valence-corrected chi connectivity index (χ0v) is 10.3. The molecule has 0 aromatic carbocycles. The number of fused-ring (bicyclic) bond motifs is 1. The third-order valence-corrected chi connectivity index (χ3v) is 3.52. The van der Waals surface area contributed by atoms with Crippen molar-refractivity contribution >= 4 is 17.7 Å². The highest BCUT2D eigenvalue weighted by atomic mass is 16.6. The Morgan fingerprint density at radius 2 is 2.20 bits per heavy atom. The third kappa shape index (κ3) is 1.83. The van der Waals surface area contributed by atoms with E-state index in [1.165, 1.54) is 11.1 Å². The van der Waals surface area contributed by atoms with Gasteiger partial charge >= 0.3 is 0 Å². The maximum Gasteiger partial charge on any atom is 0.241 e. The minimum Gasteiger partial charge on any atom is -0.394 e. The number of aliphatic hydroxyl groups is 3. The van der Waals surface area contributed by atoms with Crippen LogP contribution in [0.4, 0.5) is 0 Å². The Morgan fingerprint density at radius 3 is 2.85 bits per heavy atom. The van der Waals surface area contributed by atoms with Crippen LogP contribution in [0.1, 0.15) is 0 Å². The van der Waals surface area contributed by atoms with Gasteiger partial charge in [0.15, 0.2) is 6.23 Å². The highest BCUT2D eigenvalue weighted by Crippen LogP contribution is 2.29. The summed E-state index contributed by atoms with van der Waals surface area (Å²) in [6.45, 7) is -0.432. The molecule has 1 amide bonds. The van der Waals surface area contributed by atoms with E-state index in [-0.39, 0.29) is 17.7 Å². The van der Waals surface area contributed by atoms with E-state index < -0.39 is 37.1 Å². The van der Waals surface area contributed by atoms with Crippen molar-refractivity contribution in [1.82, 2.24) is 10.2 Å². The minimum absolute atomic E-state index is 0.258. The van der Waals surface area contributed by atoms with E-state index in [4.69, 9.17) is 15.3 Å². The Bertz CT molecular complexity index is 519. The molecule has 3 heterocycles. The molecule has 0 aromatic rings. The van der Waals surface area contributed by atoms with Crippen LogP contribution in [-0.2, 0) is 9.53 Å². The molecule has 9 nitrogen and oxygen atoms in total. The molecule has 1 saturated heterocycles. The van der Waals surface area contributed by atoms with Crippen molar-refractivity contribution in [3.8, 4) is 0 Å². The molecule has 5 atom stereocenters. The second kappa shape index (κ2) is 4.63. The molecule has 3 aliphatic rings. The molecule has 20 heavy (non-hydrogen) atoms. The molecule has 1 unspecified atom stereocenters. The first-order valence-electron chi connectivity index (χ1n) is 6.10. The normalized spacial score (nSPS) is 39.9. The summed E-state index contributed by atoms with van der Waals surface area (Å²) < 4.78 is 5.38. The molecular weight excluding hydrogens is 268 g/mol. The van der Waals surface area contributed by atoms with Crippen LogP contribution in [0, 0.1) is 11.3 Å². The van der Waals surface area contributed by atoms with Gasteiger partial charge in [0, 0.05) is 6.20 Å². The lowest BCUT2D eigenvalue weighted by Crippen LogP contribution is -2.50. The van der Waals surface area contributed by atoms with Gasteiger partial charge in [0.1, 0.15) is 30.1 Å². The number of rotatable bonds is 2. The van der Waals surface area contributed by atoms with Gasteiger partial charge in [0.05, 0.1) is 6.61 Å². The molecule has 0 saturated carbocycles. The van der Waals surface area contributed by atoms with Crippen molar-refractivity contribution < 1.29 is 24.9 Å². The summed E-state index contributed by atoms with van der Waals surface area (Å²) in [6, 6.07) is 0. The van der Waals surface area contributed by atoms with Crippen LogP contribution in [0.15, 0.2) is 17.3 Å². The van der Waals surface area contributed by atoms with Crippen LogP contribution in [0.5, 0.6) is 0 Å². The van der Waals surface area contributed by atoms with Crippen LogP contribution < -0.4 is 5.32 Å². The number of carbonyl (C=O) groups excluding carboxylic acids is 1. The van der Waals surface area contributed by atoms with E-state index >= 15 is 0 Å². The van der Waals surface area contributed by atoms with E-state index in [0.717, 1.165) is 0 Å². The van der Waals surface area contributed by atoms with E-state index in [2.05, 4.69) is 10.3 Å². The van der Waals surface area contributed by atoms with Gasteiger partial charge in [-0.05, 0) is 6.08 Å². The molecule has 0 aliphatic carbocycles. The molecule has 0 aromatic heterocycles. The van der Waals surface area contributed by atoms with Gasteiger partial charge in [-0.15, -0.1) is 0 Å². The van der Waals surface area contributed by atoms with Crippen molar-refractivity contribution in [2.45, 2.75) is 24.5 Å². The molecule has 1 fully saturated rings. The maximum atomic E-state index is 11.7. The second-order valence-electron chi connectivity index (χ2n) is 4.76. The van der Waals surface area contributed by atoms with Gasteiger partial charge in [0.25, 0.3) is 0 Å². The summed E-state index contributed by atoms with van der Waals surface area (Å²) in [7, 11) is 0. The minimum atomic E-state index is -1.25. The number of nitrogens with one attached hydrogen (secondary N) is 2. The summed E-state index contributed by atoms with van der Waals surface area (Å²) in [5.74, 6) is -1.06. The third-order valence-electron chi connectivity index (χ3n) is 3.52. The summed E-state index contributed by atoms with van der Waals surface area (Å²) in [5.41, 5.74) is 0. The average molecular weight is 282 g/mol. The fourth-order valence-electron chi connectivity index (χ4n) is 2.50. The van der Waals surface area contributed by atoms with Gasteiger partial charge in [-0.25, -0.2) is 0 Å². The van der Waals surface area contributed by atoms with Crippen LogP contribution in [0.3, 0.4) is 0 Å². The first-order valence-corrected chi connectivity index (χ1v) is 6.10. The Labute approximate surface area is 113 Å². The van der Waals surface area contributed by atoms with Crippen molar-refractivity contribution in [2.24, 2.45) is 10.9 Å². The fraction of sp³-hybridized carbons (Fsp3) is 0.545. The van der Waals surface area contributed by atoms with Crippen molar-refractivity contribution in [3.63, 3.8) is 0 Å². The number of amidine groups is 1. The number of ether oxygens (including phenoxy) is 1. The first kappa shape index (κ1) is 13.2. The van der Waals surface area contributed by atoms with Crippen LogP contribution in [-0.4, -0.2) is 69.1 Å². The van der Waals surface area contributed by atoms with Crippen LogP contribution in [0.2, 0.25) is 0 Å². The van der Waals surface area contributed by atoms with Gasteiger partial charge in [-0.2, -0.15) is 4.99 Å². The summed E-state index contributed by atoms with van der Waals surface area (Å²) in [4.78, 5) is 17.0. The monoisotopic (exact) mass is 282 g/mol. The highest BCUT2D eigenvalue weighted by molar-refractivity contribution is 6.18. The molecule has 0 spiro atoms. The quantitative estimate of drug-likeness (QED) is 0.374. The second-order valence-corrected chi connectivity index (χ2v) is 4.76. The Kier molecular flexibility index (Phi) is 3.05. The van der Waals surface area contributed by atoms with Crippen molar-refractivity contribution in [1.29, 1.82) is 5.41 Å². The molecule has 9 heteroatoms. The number of amides is 1. The number of guanidine groups is 1. The van der Waals surface area contributed by atoms with Crippen molar-refractivity contribution in [2.75, 3.05) is 6.61 Å². The van der Waals surface area contributed by atoms with Crippen LogP contribution >= 0.6 is 0 Å². The molecular formula is C11H14N4O5. The molecule has 0 radical (unpaired) electrons. The number of aliphatic hydroxyl groups excluding tert-OH is 3. The standard InChI is InChI=1S/C11H14N4O5/c12-11-13-8-4(9(19)14-11)1-2-15(8)10-7(18)6(17)5(3-16)20-10/h1-2,4-7,10,16-18H,3H2,(H2,12,14,19)/t4?,5-,6-,7-,10-/m1/s1. The van der Waals surface area contributed by atoms with E-state index in [0.29, 0.717) is 0 Å². The Balaban J connectivity index is 1.87. The molecule has 3 aliphatic heterocycles. The van der Waals surface area contributed by atoms with Gasteiger partial charge in [-0.3, -0.25) is 15.5 Å². The predicted octanol–water partition coefficient (Wildman–Crippen LogP) is -2.67. The molecule has 5 N–H and O–H groups in total. The summed E-state index contributed by atoms with van der Waals surface area (Å²) >= 11 is 0. The lowest BCUT2D eigenvalue weighted by molar-refractivity contribution is -0.120. The van der Waals surface area contributed by atoms with E-state index in [1.807, 2.05) is 0 Å². The molecule has 0 bridgehead atoms. The Hall–Kier alpha value is -1.81. The van der Waals surface area contributed by atoms with Crippen molar-refractivity contribution in [3.05, 3.63) is 12.3 Å². The molecule has 3 rings (SSSR count). The average Bonchev–Trinajstić information content (AvgIpc) is 2.93. The maximum absolute atomic E-state index is 11.7. The smallest absolute Gasteiger partial charge is 0.241 e. The van der Waals surface area contributed by atoms with E-state index in [1.54, 1.807) is 6.08 Å². The number of aliphatic imine (C=N–C) groups is 1. The lowest BCUT2D eigenvalue weighted by atomic mass is 10.1. The summed E-state index contributed by atoms with van der Waals surface area (Å²) in [5, 5.41) is 38.5. The largest absolute Gasteiger partial charge is 0.394 e. The number of hydrogen-bond donors (Lipinski definition) is 5. The first-order chi connectivity index (χ1) is 9.52. The lowest BCUT2D eigenvalue weighted by Gasteiger charge is -2.29. The van der Waals surface area contributed by atoms with Crippen LogP contribution in [0.25, 0.3) is 0 Å². The predicted molar refractivity (Wildman–Crippen MR) is 65.5 cm³/mol.